The van der Waals surface area contributed by atoms with E-state index in [4.69, 9.17) is 12.2 Å². The van der Waals surface area contributed by atoms with Gasteiger partial charge in [0.25, 0.3) is 0 Å². The third kappa shape index (κ3) is 6.18. The highest BCUT2D eigenvalue weighted by atomic mass is 32.1. The highest BCUT2D eigenvalue weighted by molar-refractivity contribution is 7.80. The number of unbranched alkanes of at least 4 members (excludes halogenated alkanes) is 5. The number of thiocarbonyl (C=S) groups is 1. The quantitative estimate of drug-likeness (QED) is 0.199. The van der Waals surface area contributed by atoms with Crippen molar-refractivity contribution in [1.82, 2.24) is 10.6 Å². The average molecular weight is 431 g/mol. The molecular weight excluding hydrogens is 396 g/mol. The minimum Gasteiger partial charge on any atom is -0.363 e. The van der Waals surface area contributed by atoms with Crippen LogP contribution in [-0.2, 0) is 5.54 Å². The first-order valence-electron chi connectivity index (χ1n) is 11.5. The van der Waals surface area contributed by atoms with Crippen molar-refractivity contribution >= 4 is 17.3 Å². The van der Waals surface area contributed by atoms with Crippen LogP contribution in [0.25, 0.3) is 0 Å². The molecule has 0 aliphatic carbocycles. The topological polar surface area (TPSA) is 24.1 Å². The van der Waals surface area contributed by atoms with Crippen LogP contribution in [0, 0.1) is 0 Å². The molecule has 0 spiro atoms. The van der Waals surface area contributed by atoms with Crippen LogP contribution in [0.4, 0.5) is 0 Å². The van der Waals surface area contributed by atoms with E-state index in [0.29, 0.717) is 5.11 Å². The minimum absolute atomic E-state index is 0.561. The van der Waals surface area contributed by atoms with Gasteiger partial charge >= 0.3 is 0 Å². The van der Waals surface area contributed by atoms with E-state index in [1.54, 1.807) is 0 Å². The summed E-state index contributed by atoms with van der Waals surface area (Å²) in [6.45, 7) is 3.15. The van der Waals surface area contributed by atoms with Crippen LogP contribution in [0.2, 0.25) is 0 Å². The molecule has 0 saturated heterocycles. The van der Waals surface area contributed by atoms with Crippen molar-refractivity contribution in [1.29, 1.82) is 0 Å². The molecule has 0 radical (unpaired) electrons. The molecule has 0 unspecified atom stereocenters. The summed E-state index contributed by atoms with van der Waals surface area (Å²) in [5.74, 6) is 0. The average Bonchev–Trinajstić information content (AvgIpc) is 2.83. The second kappa shape index (κ2) is 12.3. The van der Waals surface area contributed by atoms with Gasteiger partial charge in [-0.3, -0.25) is 0 Å². The Morgan fingerprint density at radius 3 is 1.52 bits per heavy atom. The van der Waals surface area contributed by atoms with Crippen LogP contribution in [0.3, 0.4) is 0 Å². The Morgan fingerprint density at radius 2 is 1.06 bits per heavy atom. The van der Waals surface area contributed by atoms with Crippen LogP contribution < -0.4 is 10.6 Å². The zero-order valence-corrected chi connectivity index (χ0v) is 19.3. The SMILES string of the molecule is CCCCCCCCNC(=S)NC(c1ccccc1)(c1ccccc1)c1ccccc1. The van der Waals surface area contributed by atoms with Crippen molar-refractivity contribution in [3.8, 4) is 0 Å². The molecule has 0 heterocycles. The summed E-state index contributed by atoms with van der Waals surface area (Å²) in [6.07, 6.45) is 7.64. The third-order valence-corrected chi connectivity index (χ3v) is 5.98. The van der Waals surface area contributed by atoms with Gasteiger partial charge in [0.15, 0.2) is 5.11 Å². The van der Waals surface area contributed by atoms with E-state index in [1.807, 2.05) is 0 Å². The Kier molecular flexibility index (Phi) is 9.11. The first kappa shape index (κ1) is 23.0. The van der Waals surface area contributed by atoms with Crippen LogP contribution >= 0.6 is 12.2 Å². The Hall–Kier alpha value is -2.65. The van der Waals surface area contributed by atoms with Crippen LogP contribution in [0.15, 0.2) is 91.0 Å². The lowest BCUT2D eigenvalue weighted by Gasteiger charge is -2.38. The van der Waals surface area contributed by atoms with Gasteiger partial charge in [-0.25, -0.2) is 0 Å². The number of rotatable bonds is 11. The standard InChI is InChI=1S/C28H34N2S/c1-2-3-4-5-6-16-23-29-27(31)30-28(24-17-10-7-11-18-24,25-19-12-8-13-20-25)26-21-14-9-15-22-26/h7-15,17-22H,2-6,16,23H2,1H3,(H2,29,30,31). The Labute approximate surface area is 193 Å². The summed E-state index contributed by atoms with van der Waals surface area (Å²) in [5.41, 5.74) is 2.93. The molecule has 2 nitrogen and oxygen atoms in total. The van der Waals surface area contributed by atoms with Crippen molar-refractivity contribution in [3.63, 3.8) is 0 Å². The fourth-order valence-corrected chi connectivity index (χ4v) is 4.36. The van der Waals surface area contributed by atoms with Crippen LogP contribution in [0.1, 0.15) is 62.1 Å². The molecule has 0 atom stereocenters. The second-order valence-electron chi connectivity index (χ2n) is 8.00. The van der Waals surface area contributed by atoms with E-state index in [2.05, 4.69) is 109 Å². The van der Waals surface area contributed by atoms with E-state index in [1.165, 1.54) is 32.1 Å². The van der Waals surface area contributed by atoms with Gasteiger partial charge in [-0.15, -0.1) is 0 Å². The molecule has 2 N–H and O–H groups in total. The summed E-state index contributed by atoms with van der Waals surface area (Å²) < 4.78 is 0. The van der Waals surface area contributed by atoms with E-state index in [0.717, 1.165) is 29.7 Å². The summed E-state index contributed by atoms with van der Waals surface area (Å²) in [7, 11) is 0. The van der Waals surface area contributed by atoms with Gasteiger partial charge in [0.05, 0.1) is 0 Å². The van der Waals surface area contributed by atoms with Gasteiger partial charge in [-0.05, 0) is 35.3 Å². The summed E-state index contributed by atoms with van der Waals surface area (Å²) in [5, 5.41) is 7.85. The smallest absolute Gasteiger partial charge is 0.167 e. The summed E-state index contributed by atoms with van der Waals surface area (Å²) >= 11 is 5.80. The Morgan fingerprint density at radius 1 is 0.645 bits per heavy atom. The maximum Gasteiger partial charge on any atom is 0.167 e. The molecule has 0 amide bonds. The molecule has 0 aromatic heterocycles. The Balaban J connectivity index is 1.84. The van der Waals surface area contributed by atoms with Gasteiger partial charge in [-0.2, -0.15) is 0 Å². The summed E-state index contributed by atoms with van der Waals surface area (Å²) in [6, 6.07) is 31.7. The number of hydrogen-bond acceptors (Lipinski definition) is 1. The first-order chi connectivity index (χ1) is 15.3. The van der Waals surface area contributed by atoms with Crippen LogP contribution in [-0.4, -0.2) is 11.7 Å². The fraction of sp³-hybridized carbons (Fsp3) is 0.321. The molecule has 162 valence electrons. The van der Waals surface area contributed by atoms with Gasteiger partial charge in [0.1, 0.15) is 5.54 Å². The molecule has 0 saturated carbocycles. The van der Waals surface area contributed by atoms with Crippen molar-refractivity contribution in [3.05, 3.63) is 108 Å². The van der Waals surface area contributed by atoms with E-state index in [9.17, 15) is 0 Å². The van der Waals surface area contributed by atoms with Crippen molar-refractivity contribution in [2.24, 2.45) is 0 Å². The highest BCUT2D eigenvalue weighted by Gasteiger charge is 2.36. The van der Waals surface area contributed by atoms with E-state index in [-0.39, 0.29) is 0 Å². The molecule has 3 rings (SSSR count). The predicted octanol–water partition coefficient (Wildman–Crippen LogP) is 6.80. The van der Waals surface area contributed by atoms with Crippen LogP contribution in [0.5, 0.6) is 0 Å². The lowest BCUT2D eigenvalue weighted by Crippen LogP contribution is -2.51. The summed E-state index contributed by atoms with van der Waals surface area (Å²) in [4.78, 5) is 0. The fourth-order valence-electron chi connectivity index (χ4n) is 4.10. The normalized spacial score (nSPS) is 11.1. The van der Waals surface area contributed by atoms with Gasteiger partial charge in [0, 0.05) is 6.54 Å². The Bertz CT molecular complexity index is 797. The van der Waals surface area contributed by atoms with Crippen molar-refractivity contribution in [2.45, 2.75) is 51.0 Å². The molecular formula is C28H34N2S. The molecule has 3 aromatic rings. The molecule has 31 heavy (non-hydrogen) atoms. The number of nitrogens with one attached hydrogen (secondary N) is 2. The highest BCUT2D eigenvalue weighted by Crippen LogP contribution is 2.36. The van der Waals surface area contributed by atoms with E-state index >= 15 is 0 Å². The first-order valence-corrected chi connectivity index (χ1v) is 11.9. The number of benzene rings is 3. The lowest BCUT2D eigenvalue weighted by molar-refractivity contribution is 0.559. The van der Waals surface area contributed by atoms with Gasteiger partial charge in [-0.1, -0.05) is 130 Å². The van der Waals surface area contributed by atoms with E-state index < -0.39 is 5.54 Å². The zero-order chi connectivity index (χ0) is 21.8. The van der Waals surface area contributed by atoms with Crippen molar-refractivity contribution in [2.75, 3.05) is 6.54 Å². The third-order valence-electron chi connectivity index (χ3n) is 5.74. The second-order valence-corrected chi connectivity index (χ2v) is 8.40. The molecule has 0 aliphatic heterocycles. The maximum atomic E-state index is 5.80. The minimum atomic E-state index is -0.561. The lowest BCUT2D eigenvalue weighted by atomic mass is 9.77. The van der Waals surface area contributed by atoms with Gasteiger partial charge in [0.2, 0.25) is 0 Å². The van der Waals surface area contributed by atoms with Gasteiger partial charge < -0.3 is 10.6 Å². The molecule has 0 fully saturated rings. The monoisotopic (exact) mass is 430 g/mol. The molecule has 0 bridgehead atoms. The molecule has 3 aromatic carbocycles. The molecule has 0 aliphatic rings. The maximum absolute atomic E-state index is 5.80. The zero-order valence-electron chi connectivity index (χ0n) is 18.5. The van der Waals surface area contributed by atoms with Crippen molar-refractivity contribution < 1.29 is 0 Å². The largest absolute Gasteiger partial charge is 0.363 e. The number of hydrogen-bond donors (Lipinski definition) is 2. The molecule has 3 heteroatoms. The predicted molar refractivity (Wildman–Crippen MR) is 136 cm³/mol.